The van der Waals surface area contributed by atoms with Crippen molar-refractivity contribution in [2.24, 2.45) is 23.5 Å². The van der Waals surface area contributed by atoms with Gasteiger partial charge in [-0.25, -0.2) is 14.4 Å². The van der Waals surface area contributed by atoms with Gasteiger partial charge >= 0.3 is 46.9 Å². The maximum absolute atomic E-state index is 15.1. The Labute approximate surface area is 823 Å². The minimum absolute atomic E-state index is 0.00614. The number of carbonyl (C=O) groups excluding carboxylic acids is 16. The van der Waals surface area contributed by atoms with Crippen molar-refractivity contribution in [1.82, 2.24) is 92.5 Å². The van der Waals surface area contributed by atoms with Crippen molar-refractivity contribution >= 4 is 160 Å². The number of aliphatic hydroxyl groups is 2. The van der Waals surface area contributed by atoms with Crippen molar-refractivity contribution in [3.8, 4) is 0 Å². The Morgan fingerprint density at radius 3 is 1.11 bits per heavy atom. The molecule has 2 aliphatic heterocycles. The smallest absolute Gasteiger partial charge is 0.351 e. The fraction of sp³-hybridized carbons (Fsp3) is 0.647. The number of primary amides is 1. The summed E-state index contributed by atoms with van der Waals surface area (Å²) in [6.45, 7) is 9.12. The zero-order chi connectivity index (χ0) is 105. The standard InChI is InChI=1S/C85H130N22O31S3/c1-44(2)71(93-47(7)108)80(127)98-50(15-9-12-34-92-59(111)22-28-67(120)135-40-70-138-61(42-141-70)107-37-31-56(88)102-85(107)132)78(125)104-73(46(5)6)82(129)99-51(16-10-13-33-90-57(109)20-26-65(118)133-38-68(139)136-43-105-35-29-54(86)100-83(105)130)79(126)103-72(45(3)4)81(128)97-49(14-8-11-32-91-58(110)21-27-66(119)134-39-69-137-60(41-140-69)106-36-30-55(87)101-84(106)131)75(122)95-53(19-25-64(116)117)77(124)96-52(18-24-63(114)115)76(123)94-48(74(89)121)17-23-62(112)113/h29-31,35-37,44-46,48-53,60-62,68-73,112-113,139H,8-28,32-34,38-43H2,1-7H3,(H2,89,121)(H,90,109)(H,91,110)(H,92,111)(H,93,108)(H,94,123)(H,95,122)(H,96,124)(H,97,128)(H,98,127)(H,99,129)(H,103,126)(H,104,125)(H,114,115)(H,116,117)(H2,86,100,130)(H2,87,101,131)(H2,88,102,132)/t48-,49-,50-,51-,52-,53-,60+,61+,68?,69-,70-,71-,72-,73-/m0/s1. The first-order valence-corrected chi connectivity index (χ1v) is 48.2. The molecule has 0 saturated carbocycles. The van der Waals surface area contributed by atoms with Crippen molar-refractivity contribution in [3.05, 3.63) is 68.2 Å². The van der Waals surface area contributed by atoms with Gasteiger partial charge in [0.05, 0.1) is 19.3 Å². The molecule has 5 rings (SSSR count). The number of aromatic nitrogens is 6. The molecular formula is C85H130N22O31S3. The number of carboxylic acid groups (broad SMARTS) is 2. The largest absolute Gasteiger partial charge is 0.481 e. The van der Waals surface area contributed by atoms with Gasteiger partial charge in [0.15, 0.2) is 6.29 Å². The van der Waals surface area contributed by atoms with Gasteiger partial charge in [0.1, 0.15) is 127 Å². The van der Waals surface area contributed by atoms with Crippen LogP contribution < -0.4 is 104 Å². The molecule has 141 heavy (non-hydrogen) atoms. The molecule has 0 aliphatic carbocycles. The van der Waals surface area contributed by atoms with E-state index < -0.39 is 282 Å². The first kappa shape index (κ1) is 119. The molecule has 784 valence electrons. The van der Waals surface area contributed by atoms with Gasteiger partial charge in [-0.2, -0.15) is 15.0 Å². The number of aliphatic hydroxyl groups excluding tert-OH is 1. The van der Waals surface area contributed by atoms with E-state index in [1.807, 2.05) is 0 Å². The number of nitrogens with one attached hydrogen (secondary N) is 12. The highest BCUT2D eigenvalue weighted by atomic mass is 32.2. The van der Waals surface area contributed by atoms with Crippen molar-refractivity contribution < 1.29 is 135 Å². The number of nitrogens with two attached hydrogens (primary N) is 4. The van der Waals surface area contributed by atoms with Crippen LogP contribution in [0.4, 0.5) is 17.5 Å². The Kier molecular flexibility index (Phi) is 52.1. The van der Waals surface area contributed by atoms with Crippen LogP contribution in [0.1, 0.15) is 196 Å². The summed E-state index contributed by atoms with van der Waals surface area (Å²) in [6.07, 6.45) is -5.91. The Bertz CT molecular complexity index is 4950. The number of unbranched alkanes of at least 4 members (excludes halogenated alkanes) is 3. The van der Waals surface area contributed by atoms with Gasteiger partial charge in [-0.3, -0.25) is 100 Å². The van der Waals surface area contributed by atoms with E-state index in [2.05, 4.69) is 91.4 Å². The highest BCUT2D eigenvalue weighted by Crippen LogP contribution is 2.33. The van der Waals surface area contributed by atoms with Crippen LogP contribution in [0.3, 0.4) is 0 Å². The average Bonchev–Trinajstić information content (AvgIpc) is 1.83. The van der Waals surface area contributed by atoms with Gasteiger partial charge in [-0.1, -0.05) is 41.5 Å². The van der Waals surface area contributed by atoms with Crippen LogP contribution in [0.2, 0.25) is 0 Å². The number of rotatable bonds is 65. The molecule has 3 aromatic rings. The molecule has 14 atom stereocenters. The van der Waals surface area contributed by atoms with Crippen molar-refractivity contribution in [3.63, 3.8) is 0 Å². The molecule has 2 aliphatic rings. The number of amides is 13. The molecule has 0 aromatic carbocycles. The lowest BCUT2D eigenvalue weighted by molar-refractivity contribution is -0.148. The zero-order valence-electron chi connectivity index (χ0n) is 79.1. The van der Waals surface area contributed by atoms with Crippen LogP contribution in [0.15, 0.2) is 51.2 Å². The number of carboxylic acids is 2. The first-order valence-electron chi connectivity index (χ1n) is 45.6. The Balaban J connectivity index is 1.38. The number of nitrogen functional groups attached to an aromatic ring is 3. The van der Waals surface area contributed by atoms with Crippen molar-refractivity contribution in [2.75, 3.05) is 68.2 Å². The van der Waals surface area contributed by atoms with Crippen LogP contribution in [-0.4, -0.2) is 284 Å². The number of anilines is 3. The molecule has 1 unspecified atom stereocenters. The summed E-state index contributed by atoms with van der Waals surface area (Å²) in [4.78, 5) is 291. The number of aliphatic carboxylic acids is 2. The Hall–Kier alpha value is -12.6. The number of ether oxygens (including phenoxy) is 6. The van der Waals surface area contributed by atoms with E-state index in [9.17, 15) is 112 Å². The second-order valence-corrected chi connectivity index (χ2v) is 36.8. The third kappa shape index (κ3) is 45.2. The van der Waals surface area contributed by atoms with Gasteiger partial charge in [-0.05, 0) is 113 Å². The lowest BCUT2D eigenvalue weighted by Gasteiger charge is -2.30. The van der Waals surface area contributed by atoms with E-state index in [1.54, 1.807) is 13.8 Å². The summed E-state index contributed by atoms with van der Waals surface area (Å²) in [5.41, 5.74) is 17.9. The first-order chi connectivity index (χ1) is 66.7. The zero-order valence-corrected chi connectivity index (χ0v) is 81.7. The third-order valence-electron chi connectivity index (χ3n) is 21.3. The molecule has 13 amide bonds. The maximum Gasteiger partial charge on any atom is 0.351 e. The van der Waals surface area contributed by atoms with Gasteiger partial charge in [0.25, 0.3) is 0 Å². The summed E-state index contributed by atoms with van der Waals surface area (Å²) in [7, 11) is 0. The molecule has 24 N–H and O–H groups in total. The number of thiol groups is 1. The minimum Gasteiger partial charge on any atom is -0.481 e. The van der Waals surface area contributed by atoms with Crippen LogP contribution in [-0.2, 0) is 121 Å². The van der Waals surface area contributed by atoms with E-state index >= 15 is 9.59 Å². The Morgan fingerprint density at radius 1 is 0.433 bits per heavy atom. The second kappa shape index (κ2) is 61.8. The third-order valence-corrected chi connectivity index (χ3v) is 23.8. The maximum atomic E-state index is 15.1. The monoisotopic (exact) mass is 2050 g/mol. The number of carbonyl (C=O) groups is 18. The molecule has 56 heteroatoms. The van der Waals surface area contributed by atoms with Crippen LogP contribution in [0, 0.1) is 17.8 Å². The molecule has 0 bridgehead atoms. The number of thioether (sulfide) groups is 2. The van der Waals surface area contributed by atoms with Gasteiger partial charge < -0.3 is 136 Å². The summed E-state index contributed by atoms with van der Waals surface area (Å²) in [6, 6.07) is -10.5. The highest BCUT2D eigenvalue weighted by Gasteiger charge is 2.39. The summed E-state index contributed by atoms with van der Waals surface area (Å²) < 4.78 is 36.5. The van der Waals surface area contributed by atoms with Crippen LogP contribution >= 0.6 is 36.2 Å². The van der Waals surface area contributed by atoms with Crippen LogP contribution in [0.5, 0.6) is 0 Å². The van der Waals surface area contributed by atoms with Crippen LogP contribution in [0.25, 0.3) is 0 Å². The number of hydrogen-bond acceptors (Lipinski definition) is 38. The predicted molar refractivity (Wildman–Crippen MR) is 504 cm³/mol. The quantitative estimate of drug-likeness (QED) is 0.00831. The van der Waals surface area contributed by atoms with Gasteiger partial charge in [-0.15, -0.1) is 36.2 Å². The SMILES string of the molecule is CC(=O)N[C@H](C(=O)N[C@@H](CCCCNC(=O)CCC(=O)OC[C@H]1O[C@@H](n2ccc(N)nc2=O)CS1)C(=O)N[C@H](C(=O)N[C@@H](CCCCNC(=O)CCC(=O)OCC(S)OCn1ccc(N)nc1=O)C(=O)N[C@H](C(=O)N[C@@H](CCCCNC(=O)CCC(=O)OC[C@H]1O[C@@H](n2ccc(N)nc2=O)CS1)C(=O)N[C@@H](CCC(=O)O)C(=O)N[C@@H](CCC(=O)O)C(=O)N[C@@H](CCC(O)O)C(N)=O)C(C)C)C(C)C)C(C)C. The van der Waals surface area contributed by atoms with Crippen molar-refractivity contribution in [2.45, 2.75) is 279 Å². The van der Waals surface area contributed by atoms with E-state index in [-0.39, 0.29) is 147 Å². The lowest BCUT2D eigenvalue weighted by atomic mass is 9.98. The molecule has 53 nitrogen and oxygen atoms in total. The molecule has 2 fully saturated rings. The Morgan fingerprint density at radius 2 is 0.766 bits per heavy atom. The fourth-order valence-electron chi connectivity index (χ4n) is 13.5. The average molecular weight is 2050 g/mol. The van der Waals surface area contributed by atoms with Crippen molar-refractivity contribution in [1.29, 1.82) is 0 Å². The fourth-order valence-corrected chi connectivity index (χ4v) is 15.7. The molecule has 3 aromatic heterocycles. The van der Waals surface area contributed by atoms with Gasteiger partial charge in [0, 0.05) is 95.2 Å². The normalized spacial score (nSPS) is 16.6. The van der Waals surface area contributed by atoms with E-state index in [4.69, 9.17) is 51.4 Å². The predicted octanol–water partition coefficient (Wildman–Crippen LogP) is -4.60. The van der Waals surface area contributed by atoms with Gasteiger partial charge in [0.2, 0.25) is 76.8 Å². The van der Waals surface area contributed by atoms with E-state index in [0.29, 0.717) is 11.5 Å². The highest BCUT2D eigenvalue weighted by molar-refractivity contribution is 8.00. The molecular weight excluding hydrogens is 1920 g/mol. The molecule has 0 spiro atoms. The number of hydrogen-bond donors (Lipinski definition) is 21. The molecule has 2 saturated heterocycles. The minimum atomic E-state index is -1.97. The summed E-state index contributed by atoms with van der Waals surface area (Å²) in [5, 5.41) is 69.0. The second-order valence-electron chi connectivity index (χ2n) is 33.8. The topological polar surface area (TPSA) is 797 Å². The molecule has 0 radical (unpaired) electrons. The van der Waals surface area contributed by atoms with E-state index in [0.717, 1.165) is 4.57 Å². The number of esters is 3. The number of nitrogens with zero attached hydrogens (tertiary/aromatic N) is 6. The van der Waals surface area contributed by atoms with E-state index in [1.165, 1.54) is 104 Å². The summed E-state index contributed by atoms with van der Waals surface area (Å²) in [5.74, 6) is -19.1. The molecule has 5 heterocycles. The lowest BCUT2D eigenvalue weighted by Crippen LogP contribution is -2.61. The summed E-state index contributed by atoms with van der Waals surface area (Å²) >= 11 is 6.76.